The van der Waals surface area contributed by atoms with E-state index in [1.54, 1.807) is 11.3 Å². The summed E-state index contributed by atoms with van der Waals surface area (Å²) < 4.78 is 2.22. The van der Waals surface area contributed by atoms with Crippen LogP contribution in [0.1, 0.15) is 11.1 Å². The highest BCUT2D eigenvalue weighted by atomic mass is 127. The number of halogens is 1. The van der Waals surface area contributed by atoms with Crippen LogP contribution in [0.2, 0.25) is 0 Å². The summed E-state index contributed by atoms with van der Waals surface area (Å²) in [6.45, 7) is 0.0205. The minimum Gasteiger partial charge on any atom is -0.392 e. The standard InChI is InChI=1S/C10H6INOS/c11-9-2-6(4-13)1-8-7(3-12)5-14-10(8)9/h1-2,5,13H,4H2. The Labute approximate surface area is 98.9 Å². The van der Waals surface area contributed by atoms with Crippen molar-refractivity contribution in [1.29, 1.82) is 5.26 Å². The van der Waals surface area contributed by atoms with Gasteiger partial charge >= 0.3 is 0 Å². The number of benzene rings is 1. The molecule has 0 saturated heterocycles. The molecule has 0 spiro atoms. The van der Waals surface area contributed by atoms with Crippen LogP contribution in [0.3, 0.4) is 0 Å². The minimum atomic E-state index is 0.0205. The molecule has 1 aromatic heterocycles. The van der Waals surface area contributed by atoms with Gasteiger partial charge in [-0.3, -0.25) is 0 Å². The van der Waals surface area contributed by atoms with Crippen molar-refractivity contribution in [2.75, 3.05) is 0 Å². The van der Waals surface area contributed by atoms with Crippen LogP contribution in [0.15, 0.2) is 17.5 Å². The van der Waals surface area contributed by atoms with Gasteiger partial charge in [0.25, 0.3) is 0 Å². The van der Waals surface area contributed by atoms with Gasteiger partial charge < -0.3 is 5.11 Å². The summed E-state index contributed by atoms with van der Waals surface area (Å²) in [5, 5.41) is 20.7. The van der Waals surface area contributed by atoms with Crippen molar-refractivity contribution in [3.05, 3.63) is 32.2 Å². The summed E-state index contributed by atoms with van der Waals surface area (Å²) in [7, 11) is 0. The molecule has 2 nitrogen and oxygen atoms in total. The zero-order valence-electron chi connectivity index (χ0n) is 7.12. The Hall–Kier alpha value is -0.640. The molecule has 0 fully saturated rings. The smallest absolute Gasteiger partial charge is 0.101 e. The van der Waals surface area contributed by atoms with Crippen molar-refractivity contribution in [2.24, 2.45) is 0 Å². The maximum Gasteiger partial charge on any atom is 0.101 e. The lowest BCUT2D eigenvalue weighted by molar-refractivity contribution is 0.282. The predicted octanol–water partition coefficient (Wildman–Crippen LogP) is 2.87. The molecule has 0 aliphatic carbocycles. The van der Waals surface area contributed by atoms with E-state index in [-0.39, 0.29) is 6.61 Å². The molecule has 0 unspecified atom stereocenters. The van der Waals surface area contributed by atoms with E-state index >= 15 is 0 Å². The fourth-order valence-corrected chi connectivity index (χ4v) is 3.28. The first-order valence-corrected chi connectivity index (χ1v) is 5.92. The third kappa shape index (κ3) is 1.52. The lowest BCUT2D eigenvalue weighted by Gasteiger charge is -1.99. The molecule has 70 valence electrons. The SMILES string of the molecule is N#Cc1csc2c(I)cc(CO)cc12. The lowest BCUT2D eigenvalue weighted by atomic mass is 10.1. The van der Waals surface area contributed by atoms with Crippen LogP contribution >= 0.6 is 33.9 Å². The summed E-state index contributed by atoms with van der Waals surface area (Å²) >= 11 is 3.80. The Morgan fingerprint density at radius 3 is 2.93 bits per heavy atom. The molecule has 0 bridgehead atoms. The van der Waals surface area contributed by atoms with Gasteiger partial charge in [-0.25, -0.2) is 0 Å². The summed E-state index contributed by atoms with van der Waals surface area (Å²) in [5.41, 5.74) is 1.55. The van der Waals surface area contributed by atoms with Gasteiger partial charge in [-0.15, -0.1) is 11.3 Å². The van der Waals surface area contributed by atoms with Crippen LogP contribution in [-0.4, -0.2) is 5.11 Å². The number of hydrogen-bond donors (Lipinski definition) is 1. The van der Waals surface area contributed by atoms with Crippen molar-refractivity contribution < 1.29 is 5.11 Å². The van der Waals surface area contributed by atoms with Gasteiger partial charge in [0.2, 0.25) is 0 Å². The van der Waals surface area contributed by atoms with Gasteiger partial charge in [0.15, 0.2) is 0 Å². The van der Waals surface area contributed by atoms with Crippen LogP contribution in [0, 0.1) is 14.9 Å². The van der Waals surface area contributed by atoms with Gasteiger partial charge in [0.05, 0.1) is 12.2 Å². The molecule has 0 aliphatic heterocycles. The van der Waals surface area contributed by atoms with E-state index in [2.05, 4.69) is 28.7 Å². The molecule has 1 heterocycles. The molecule has 0 radical (unpaired) electrons. The molecule has 0 amide bonds. The van der Waals surface area contributed by atoms with E-state index in [4.69, 9.17) is 10.4 Å². The zero-order valence-corrected chi connectivity index (χ0v) is 10.1. The average molecular weight is 315 g/mol. The van der Waals surface area contributed by atoms with Crippen molar-refractivity contribution in [3.63, 3.8) is 0 Å². The normalized spacial score (nSPS) is 10.4. The summed E-state index contributed by atoms with van der Waals surface area (Å²) in [4.78, 5) is 0. The summed E-state index contributed by atoms with van der Waals surface area (Å²) in [6.07, 6.45) is 0. The topological polar surface area (TPSA) is 44.0 Å². The Kier molecular flexibility index (Phi) is 2.72. The van der Waals surface area contributed by atoms with Crippen molar-refractivity contribution in [1.82, 2.24) is 0 Å². The van der Waals surface area contributed by atoms with E-state index in [9.17, 15) is 0 Å². The highest BCUT2D eigenvalue weighted by molar-refractivity contribution is 14.1. The molecule has 1 N–H and O–H groups in total. The van der Waals surface area contributed by atoms with Crippen LogP contribution < -0.4 is 0 Å². The zero-order chi connectivity index (χ0) is 10.1. The van der Waals surface area contributed by atoms with E-state index in [0.29, 0.717) is 5.56 Å². The highest BCUT2D eigenvalue weighted by Crippen LogP contribution is 2.31. The molecule has 0 atom stereocenters. The molecule has 1 aromatic carbocycles. The monoisotopic (exact) mass is 315 g/mol. The Morgan fingerprint density at radius 1 is 1.50 bits per heavy atom. The molecule has 0 saturated carbocycles. The third-order valence-electron chi connectivity index (χ3n) is 1.99. The van der Waals surface area contributed by atoms with E-state index in [1.165, 1.54) is 0 Å². The van der Waals surface area contributed by atoms with Gasteiger partial charge in [-0.1, -0.05) is 0 Å². The first kappa shape index (κ1) is 9.90. The molecule has 4 heteroatoms. The van der Waals surface area contributed by atoms with Crippen LogP contribution in [0.4, 0.5) is 0 Å². The number of nitriles is 1. The Morgan fingerprint density at radius 2 is 2.29 bits per heavy atom. The molecular weight excluding hydrogens is 309 g/mol. The molecule has 0 aliphatic rings. The van der Waals surface area contributed by atoms with Gasteiger partial charge in [-0.2, -0.15) is 5.26 Å². The molecular formula is C10H6INOS. The van der Waals surface area contributed by atoms with Crippen molar-refractivity contribution >= 4 is 44.0 Å². The van der Waals surface area contributed by atoms with Crippen molar-refractivity contribution in [3.8, 4) is 6.07 Å². The fourth-order valence-electron chi connectivity index (χ4n) is 1.33. The second-order valence-electron chi connectivity index (χ2n) is 2.87. The van der Waals surface area contributed by atoms with Crippen LogP contribution in [0.25, 0.3) is 10.1 Å². The quantitative estimate of drug-likeness (QED) is 0.823. The number of hydrogen-bond acceptors (Lipinski definition) is 3. The second-order valence-corrected chi connectivity index (χ2v) is 4.92. The van der Waals surface area contributed by atoms with E-state index < -0.39 is 0 Å². The number of rotatable bonds is 1. The van der Waals surface area contributed by atoms with E-state index in [0.717, 1.165) is 19.2 Å². The lowest BCUT2D eigenvalue weighted by Crippen LogP contribution is -1.84. The average Bonchev–Trinajstić information content (AvgIpc) is 2.61. The Balaban J connectivity index is 2.82. The highest BCUT2D eigenvalue weighted by Gasteiger charge is 2.07. The van der Waals surface area contributed by atoms with E-state index in [1.807, 2.05) is 17.5 Å². The molecule has 2 rings (SSSR count). The summed E-state index contributed by atoms with van der Waals surface area (Å²) in [6, 6.07) is 5.98. The van der Waals surface area contributed by atoms with Gasteiger partial charge in [0, 0.05) is 19.0 Å². The van der Waals surface area contributed by atoms with Gasteiger partial charge in [-0.05, 0) is 40.3 Å². The maximum atomic E-state index is 9.04. The largest absolute Gasteiger partial charge is 0.392 e. The number of nitrogens with zero attached hydrogens (tertiary/aromatic N) is 1. The summed E-state index contributed by atoms with van der Waals surface area (Å²) in [5.74, 6) is 0. The Bertz CT molecular complexity index is 527. The first-order valence-electron chi connectivity index (χ1n) is 3.97. The second kappa shape index (κ2) is 3.85. The minimum absolute atomic E-state index is 0.0205. The number of thiophene rings is 1. The maximum absolute atomic E-state index is 9.04. The fraction of sp³-hybridized carbons (Fsp3) is 0.100. The number of fused-ring (bicyclic) bond motifs is 1. The van der Waals surface area contributed by atoms with Crippen LogP contribution in [0.5, 0.6) is 0 Å². The van der Waals surface area contributed by atoms with Crippen LogP contribution in [-0.2, 0) is 6.61 Å². The van der Waals surface area contributed by atoms with Gasteiger partial charge in [0.1, 0.15) is 6.07 Å². The third-order valence-corrected chi connectivity index (χ3v) is 4.24. The van der Waals surface area contributed by atoms with Crippen molar-refractivity contribution in [2.45, 2.75) is 6.61 Å². The first-order chi connectivity index (χ1) is 6.76. The number of aliphatic hydroxyl groups excluding tert-OH is 1. The molecule has 2 aromatic rings. The number of aliphatic hydroxyl groups is 1. The molecule has 14 heavy (non-hydrogen) atoms. The predicted molar refractivity (Wildman–Crippen MR) is 65.2 cm³/mol.